The van der Waals surface area contributed by atoms with Crippen molar-refractivity contribution in [2.45, 2.75) is 13.0 Å². The highest BCUT2D eigenvalue weighted by molar-refractivity contribution is 7.10. The van der Waals surface area contributed by atoms with E-state index >= 15 is 0 Å². The smallest absolute Gasteiger partial charge is 0.225 e. The molecule has 0 aliphatic heterocycles. The number of pyridine rings is 1. The van der Waals surface area contributed by atoms with E-state index in [9.17, 15) is 9.18 Å². The molecule has 4 aromatic rings. The number of carbonyl (C=O) groups excluding carboxylic acids is 1. The van der Waals surface area contributed by atoms with Crippen LogP contribution in [0, 0.1) is 5.82 Å². The second-order valence-electron chi connectivity index (χ2n) is 6.45. The Balaban J connectivity index is 1.56. The number of aromatic nitrogens is 3. The third-order valence-corrected chi connectivity index (χ3v) is 5.40. The van der Waals surface area contributed by atoms with Crippen molar-refractivity contribution >= 4 is 17.2 Å². The van der Waals surface area contributed by atoms with Crippen LogP contribution in [-0.4, -0.2) is 27.2 Å². The Labute approximate surface area is 171 Å². The summed E-state index contributed by atoms with van der Waals surface area (Å²) in [5, 5.41) is 9.33. The van der Waals surface area contributed by atoms with E-state index in [2.05, 4.69) is 15.4 Å². The second kappa shape index (κ2) is 8.79. The van der Waals surface area contributed by atoms with E-state index in [4.69, 9.17) is 0 Å². The van der Waals surface area contributed by atoms with E-state index in [1.54, 1.807) is 52.8 Å². The van der Waals surface area contributed by atoms with Crippen LogP contribution in [0.5, 0.6) is 0 Å². The summed E-state index contributed by atoms with van der Waals surface area (Å²) in [5.74, 6) is -0.354. The summed E-state index contributed by atoms with van der Waals surface area (Å²) in [4.78, 5) is 17.2. The van der Waals surface area contributed by atoms with Crippen molar-refractivity contribution in [1.82, 2.24) is 20.1 Å². The molecular weight excluding hydrogens is 387 g/mol. The van der Waals surface area contributed by atoms with Crippen molar-refractivity contribution in [2.24, 2.45) is 0 Å². The maximum absolute atomic E-state index is 14.6. The largest absolute Gasteiger partial charge is 0.354 e. The first kappa shape index (κ1) is 19.0. The highest BCUT2D eigenvalue weighted by atomic mass is 32.1. The Morgan fingerprint density at radius 3 is 2.66 bits per heavy atom. The van der Waals surface area contributed by atoms with Crippen LogP contribution in [0.4, 0.5) is 4.39 Å². The third kappa shape index (κ3) is 4.41. The zero-order valence-electron chi connectivity index (χ0n) is 15.6. The topological polar surface area (TPSA) is 59.8 Å². The maximum atomic E-state index is 14.6. The lowest BCUT2D eigenvalue weighted by Gasteiger charge is -2.12. The summed E-state index contributed by atoms with van der Waals surface area (Å²) in [5.41, 5.74) is 2.89. The number of hydrogen-bond donors (Lipinski definition) is 1. The standard InChI is InChI=1S/C22H19FN4OS/c23-20-6-2-1-5-18(20)22-19(16-7-9-24-10-8-16)15-26-27(22)12-11-25-21(28)14-17-4-3-13-29-17/h1-10,13,15H,11-12,14H2,(H,25,28). The van der Waals surface area contributed by atoms with Crippen molar-refractivity contribution in [3.05, 3.63) is 83.2 Å². The second-order valence-corrected chi connectivity index (χ2v) is 7.48. The van der Waals surface area contributed by atoms with E-state index in [0.29, 0.717) is 30.8 Å². The van der Waals surface area contributed by atoms with Gasteiger partial charge >= 0.3 is 0 Å². The van der Waals surface area contributed by atoms with E-state index < -0.39 is 0 Å². The molecule has 4 rings (SSSR count). The van der Waals surface area contributed by atoms with Crippen LogP contribution in [-0.2, 0) is 17.8 Å². The quantitative estimate of drug-likeness (QED) is 0.501. The molecule has 0 radical (unpaired) electrons. The van der Waals surface area contributed by atoms with Crippen LogP contribution >= 0.6 is 11.3 Å². The van der Waals surface area contributed by atoms with E-state index in [0.717, 1.165) is 16.0 Å². The lowest BCUT2D eigenvalue weighted by Crippen LogP contribution is -2.28. The minimum Gasteiger partial charge on any atom is -0.354 e. The van der Waals surface area contributed by atoms with Crippen LogP contribution in [0.1, 0.15) is 4.88 Å². The molecule has 0 atom stereocenters. The van der Waals surface area contributed by atoms with E-state index in [1.807, 2.05) is 29.6 Å². The van der Waals surface area contributed by atoms with Crippen LogP contribution in [0.25, 0.3) is 22.4 Å². The normalized spacial score (nSPS) is 10.8. The van der Waals surface area contributed by atoms with Crippen molar-refractivity contribution < 1.29 is 9.18 Å². The van der Waals surface area contributed by atoms with Gasteiger partial charge in [0.2, 0.25) is 5.91 Å². The van der Waals surface area contributed by atoms with Crippen molar-refractivity contribution in [3.63, 3.8) is 0 Å². The summed E-state index contributed by atoms with van der Waals surface area (Å²) in [6, 6.07) is 14.2. The number of nitrogens with zero attached hydrogens (tertiary/aromatic N) is 3. The predicted molar refractivity (Wildman–Crippen MR) is 112 cm³/mol. The molecule has 1 N–H and O–H groups in total. The Morgan fingerprint density at radius 2 is 1.90 bits per heavy atom. The number of amides is 1. The molecule has 0 unspecified atom stereocenters. The number of rotatable bonds is 7. The average Bonchev–Trinajstić information content (AvgIpc) is 3.39. The predicted octanol–water partition coefficient (Wildman–Crippen LogP) is 4.17. The highest BCUT2D eigenvalue weighted by Crippen LogP contribution is 2.33. The van der Waals surface area contributed by atoms with E-state index in [1.165, 1.54) is 6.07 Å². The van der Waals surface area contributed by atoms with Crippen molar-refractivity contribution in [1.29, 1.82) is 0 Å². The first-order valence-corrected chi connectivity index (χ1v) is 10.1. The monoisotopic (exact) mass is 406 g/mol. The fraction of sp³-hybridized carbons (Fsp3) is 0.136. The summed E-state index contributed by atoms with van der Waals surface area (Å²) >= 11 is 1.56. The van der Waals surface area contributed by atoms with Gasteiger partial charge in [-0.2, -0.15) is 5.10 Å². The Bertz CT molecular complexity index is 1090. The van der Waals surface area contributed by atoms with Gasteiger partial charge in [0.1, 0.15) is 5.82 Å². The summed E-state index contributed by atoms with van der Waals surface area (Å²) in [6.07, 6.45) is 5.48. The fourth-order valence-corrected chi connectivity index (χ4v) is 3.87. The Hall–Kier alpha value is -3.32. The van der Waals surface area contributed by atoms with Gasteiger partial charge in [-0.15, -0.1) is 11.3 Å². The lowest BCUT2D eigenvalue weighted by molar-refractivity contribution is -0.120. The minimum absolute atomic E-state index is 0.0404. The zero-order chi connectivity index (χ0) is 20.1. The van der Waals surface area contributed by atoms with Gasteiger partial charge in [0.05, 0.1) is 24.9 Å². The average molecular weight is 406 g/mol. The Morgan fingerprint density at radius 1 is 1.07 bits per heavy atom. The summed E-state index contributed by atoms with van der Waals surface area (Å²) in [6.45, 7) is 0.841. The molecule has 0 fully saturated rings. The van der Waals surface area contributed by atoms with Gasteiger partial charge < -0.3 is 5.32 Å². The molecule has 0 aliphatic carbocycles. The Kier molecular flexibility index (Phi) is 5.76. The summed E-state index contributed by atoms with van der Waals surface area (Å²) < 4.78 is 16.3. The van der Waals surface area contributed by atoms with E-state index in [-0.39, 0.29) is 11.7 Å². The number of nitrogens with one attached hydrogen (secondary N) is 1. The zero-order valence-corrected chi connectivity index (χ0v) is 16.4. The fourth-order valence-electron chi connectivity index (χ4n) is 3.17. The SMILES string of the molecule is O=C(Cc1cccs1)NCCn1ncc(-c2ccncc2)c1-c1ccccc1F. The van der Waals surface area contributed by atoms with Crippen LogP contribution in [0.15, 0.2) is 72.5 Å². The molecule has 0 aliphatic rings. The molecule has 3 heterocycles. The molecule has 7 heteroatoms. The molecule has 0 spiro atoms. The molecule has 0 bridgehead atoms. The molecule has 29 heavy (non-hydrogen) atoms. The first-order chi connectivity index (χ1) is 14.2. The molecule has 1 aromatic carbocycles. The van der Waals surface area contributed by atoms with Crippen LogP contribution in [0.3, 0.4) is 0 Å². The molecule has 5 nitrogen and oxygen atoms in total. The number of hydrogen-bond acceptors (Lipinski definition) is 4. The van der Waals surface area contributed by atoms with Gasteiger partial charge in [0, 0.05) is 34.9 Å². The van der Waals surface area contributed by atoms with Crippen LogP contribution in [0.2, 0.25) is 0 Å². The van der Waals surface area contributed by atoms with Gasteiger partial charge in [-0.1, -0.05) is 18.2 Å². The molecule has 0 saturated heterocycles. The molecule has 3 aromatic heterocycles. The highest BCUT2D eigenvalue weighted by Gasteiger charge is 2.17. The van der Waals surface area contributed by atoms with Gasteiger partial charge in [-0.3, -0.25) is 14.5 Å². The van der Waals surface area contributed by atoms with Crippen molar-refractivity contribution in [2.75, 3.05) is 6.54 Å². The first-order valence-electron chi connectivity index (χ1n) is 9.22. The number of thiophene rings is 1. The van der Waals surface area contributed by atoms with Crippen LogP contribution < -0.4 is 5.32 Å². The molecule has 1 amide bonds. The number of benzene rings is 1. The lowest BCUT2D eigenvalue weighted by atomic mass is 10.0. The molecular formula is C22H19FN4OS. The van der Waals surface area contributed by atoms with Crippen molar-refractivity contribution in [3.8, 4) is 22.4 Å². The summed E-state index contributed by atoms with van der Waals surface area (Å²) in [7, 11) is 0. The number of halogens is 1. The molecule has 146 valence electrons. The number of carbonyl (C=O) groups is 1. The van der Waals surface area contributed by atoms with Gasteiger partial charge in [0.25, 0.3) is 0 Å². The minimum atomic E-state index is -0.314. The molecule has 0 saturated carbocycles. The van der Waals surface area contributed by atoms with Gasteiger partial charge in [-0.05, 0) is 41.3 Å². The third-order valence-electron chi connectivity index (χ3n) is 4.52. The maximum Gasteiger partial charge on any atom is 0.225 e. The van der Waals surface area contributed by atoms with Gasteiger partial charge in [0.15, 0.2) is 0 Å². The van der Waals surface area contributed by atoms with Gasteiger partial charge in [-0.25, -0.2) is 4.39 Å².